The van der Waals surface area contributed by atoms with Gasteiger partial charge in [0.1, 0.15) is 11.9 Å². The third-order valence-electron chi connectivity index (χ3n) is 4.04. The average Bonchev–Trinajstić information content (AvgIpc) is 2.66. The molecule has 3 heterocycles. The van der Waals surface area contributed by atoms with E-state index < -0.39 is 0 Å². The minimum atomic E-state index is -0.279. The number of carbonyl (C=O) groups is 1. The lowest BCUT2D eigenvalue weighted by atomic mass is 10.1. The van der Waals surface area contributed by atoms with Crippen LogP contribution in [0.2, 0.25) is 0 Å². The lowest BCUT2D eigenvalue weighted by Crippen LogP contribution is -2.51. The Labute approximate surface area is 152 Å². The molecule has 2 atom stereocenters. The average molecular weight is 357 g/mol. The van der Waals surface area contributed by atoms with Crippen LogP contribution in [0.25, 0.3) is 0 Å². The van der Waals surface area contributed by atoms with E-state index in [0.717, 1.165) is 12.2 Å². The summed E-state index contributed by atoms with van der Waals surface area (Å²) in [5, 5.41) is 6.00. The number of aryl methyl sites for hydroxylation is 1. The zero-order chi connectivity index (χ0) is 18.4. The van der Waals surface area contributed by atoms with Crippen molar-refractivity contribution in [3.8, 4) is 5.75 Å². The van der Waals surface area contributed by atoms with E-state index in [1.807, 2.05) is 26.0 Å². The summed E-state index contributed by atoms with van der Waals surface area (Å²) in [6.07, 6.45) is 5.10. The van der Waals surface area contributed by atoms with E-state index in [1.165, 1.54) is 12.4 Å². The molecule has 0 unspecified atom stereocenters. The Balaban J connectivity index is 1.63. The van der Waals surface area contributed by atoms with Crippen LogP contribution in [0.4, 0.5) is 5.95 Å². The summed E-state index contributed by atoms with van der Waals surface area (Å²) in [5.74, 6) is 0.933. The molecule has 1 amide bonds. The second-order valence-corrected chi connectivity index (χ2v) is 6.06. The third-order valence-corrected chi connectivity index (χ3v) is 4.04. The van der Waals surface area contributed by atoms with Gasteiger partial charge >= 0.3 is 0 Å². The topological polar surface area (TPSA) is 98.3 Å². The number of anilines is 1. The molecule has 8 nitrogen and oxygen atoms in total. The van der Waals surface area contributed by atoms with E-state index >= 15 is 0 Å². The van der Waals surface area contributed by atoms with Crippen molar-refractivity contribution in [2.45, 2.75) is 32.4 Å². The summed E-state index contributed by atoms with van der Waals surface area (Å²) in [7, 11) is 0. The van der Waals surface area contributed by atoms with Gasteiger partial charge in [-0.25, -0.2) is 9.97 Å². The standard InChI is InChI=1S/C18H23N5O3/c1-3-19-18-21-8-13(9-22-18)17(24)23-15-6-7-25-11-16(15)26-14-5-4-12(2)20-10-14/h4-5,8-10,15-16H,3,6-7,11H2,1-2H3,(H,23,24)(H,19,21,22)/t15-,16+/m0/s1. The van der Waals surface area contributed by atoms with Gasteiger partial charge in [0.15, 0.2) is 0 Å². The molecule has 1 fully saturated rings. The maximum atomic E-state index is 12.5. The van der Waals surface area contributed by atoms with Crippen LogP contribution in [0.15, 0.2) is 30.7 Å². The molecule has 0 radical (unpaired) electrons. The first-order chi connectivity index (χ1) is 12.7. The second kappa shape index (κ2) is 8.57. The Kier molecular flexibility index (Phi) is 5.96. The minimum absolute atomic E-state index is 0.161. The molecule has 26 heavy (non-hydrogen) atoms. The van der Waals surface area contributed by atoms with E-state index in [1.54, 1.807) is 6.20 Å². The summed E-state index contributed by atoms with van der Waals surface area (Å²) in [4.78, 5) is 25.0. The molecule has 0 aromatic carbocycles. The van der Waals surface area contributed by atoms with E-state index in [2.05, 4.69) is 25.6 Å². The zero-order valence-corrected chi connectivity index (χ0v) is 14.9. The normalized spacial score (nSPS) is 19.6. The molecular weight excluding hydrogens is 334 g/mol. The zero-order valence-electron chi connectivity index (χ0n) is 14.9. The van der Waals surface area contributed by atoms with E-state index in [4.69, 9.17) is 9.47 Å². The van der Waals surface area contributed by atoms with Crippen molar-refractivity contribution in [3.05, 3.63) is 42.0 Å². The number of pyridine rings is 1. The highest BCUT2D eigenvalue weighted by Gasteiger charge is 2.29. The van der Waals surface area contributed by atoms with Gasteiger partial charge < -0.3 is 20.1 Å². The number of aromatic nitrogens is 3. The first-order valence-corrected chi connectivity index (χ1v) is 8.69. The first kappa shape index (κ1) is 18.1. The fraction of sp³-hybridized carbons (Fsp3) is 0.444. The molecule has 0 aliphatic carbocycles. The summed E-state index contributed by atoms with van der Waals surface area (Å²) in [6.45, 7) is 5.58. The molecule has 2 aromatic rings. The van der Waals surface area contributed by atoms with Gasteiger partial charge in [-0.2, -0.15) is 0 Å². The molecule has 1 aliphatic rings. The number of hydrogen-bond donors (Lipinski definition) is 2. The van der Waals surface area contributed by atoms with Gasteiger partial charge in [-0.1, -0.05) is 0 Å². The highest BCUT2D eigenvalue weighted by Crippen LogP contribution is 2.17. The van der Waals surface area contributed by atoms with Crippen molar-refractivity contribution in [2.24, 2.45) is 0 Å². The predicted octanol–water partition coefficient (Wildman–Crippen LogP) is 1.58. The number of hydrogen-bond acceptors (Lipinski definition) is 7. The van der Waals surface area contributed by atoms with Gasteiger partial charge in [-0.15, -0.1) is 0 Å². The Morgan fingerprint density at radius 1 is 1.27 bits per heavy atom. The highest BCUT2D eigenvalue weighted by atomic mass is 16.5. The minimum Gasteiger partial charge on any atom is -0.484 e. The Bertz CT molecular complexity index is 721. The third kappa shape index (κ3) is 4.66. The quantitative estimate of drug-likeness (QED) is 0.810. The SMILES string of the molecule is CCNc1ncc(C(=O)N[C@H]2CCOC[C@H]2Oc2ccc(C)nc2)cn1. The predicted molar refractivity (Wildman–Crippen MR) is 96.3 cm³/mol. The monoisotopic (exact) mass is 357 g/mol. The van der Waals surface area contributed by atoms with Crippen LogP contribution in [0.1, 0.15) is 29.4 Å². The number of nitrogens with one attached hydrogen (secondary N) is 2. The highest BCUT2D eigenvalue weighted by molar-refractivity contribution is 5.93. The first-order valence-electron chi connectivity index (χ1n) is 8.69. The van der Waals surface area contributed by atoms with Crippen LogP contribution >= 0.6 is 0 Å². The number of carbonyl (C=O) groups excluding carboxylic acids is 1. The van der Waals surface area contributed by atoms with Gasteiger partial charge in [0.2, 0.25) is 5.95 Å². The molecule has 138 valence electrons. The number of amides is 1. The largest absolute Gasteiger partial charge is 0.484 e. The lowest BCUT2D eigenvalue weighted by molar-refractivity contribution is -0.0136. The van der Waals surface area contributed by atoms with Crippen LogP contribution in [0.5, 0.6) is 5.75 Å². The van der Waals surface area contributed by atoms with E-state index in [0.29, 0.717) is 36.9 Å². The van der Waals surface area contributed by atoms with Gasteiger partial charge in [0, 0.05) is 31.2 Å². The van der Waals surface area contributed by atoms with Crippen LogP contribution in [-0.2, 0) is 4.74 Å². The molecule has 1 aliphatic heterocycles. The molecule has 0 bridgehead atoms. The van der Waals surface area contributed by atoms with Crippen LogP contribution in [0.3, 0.4) is 0 Å². The molecular formula is C18H23N5O3. The van der Waals surface area contributed by atoms with Crippen molar-refractivity contribution >= 4 is 11.9 Å². The fourth-order valence-electron chi connectivity index (χ4n) is 2.64. The van der Waals surface area contributed by atoms with Crippen LogP contribution < -0.4 is 15.4 Å². The fourth-order valence-corrected chi connectivity index (χ4v) is 2.64. The molecule has 2 N–H and O–H groups in total. The molecule has 0 spiro atoms. The summed E-state index contributed by atoms with van der Waals surface area (Å²) >= 11 is 0. The van der Waals surface area contributed by atoms with Gasteiger partial charge in [0.25, 0.3) is 5.91 Å². The number of nitrogens with zero attached hydrogens (tertiary/aromatic N) is 3. The maximum absolute atomic E-state index is 12.5. The van der Waals surface area contributed by atoms with Crippen LogP contribution in [0, 0.1) is 6.92 Å². The van der Waals surface area contributed by atoms with Gasteiger partial charge in [-0.3, -0.25) is 9.78 Å². The summed E-state index contributed by atoms with van der Waals surface area (Å²) < 4.78 is 11.5. The summed E-state index contributed by atoms with van der Waals surface area (Å²) in [6, 6.07) is 3.59. The van der Waals surface area contributed by atoms with Crippen LogP contribution in [-0.4, -0.2) is 52.8 Å². The number of ether oxygens (including phenoxy) is 2. The van der Waals surface area contributed by atoms with Gasteiger partial charge in [-0.05, 0) is 32.4 Å². The van der Waals surface area contributed by atoms with Crippen molar-refractivity contribution in [2.75, 3.05) is 25.1 Å². The van der Waals surface area contributed by atoms with E-state index in [9.17, 15) is 4.79 Å². The van der Waals surface area contributed by atoms with Crippen molar-refractivity contribution in [3.63, 3.8) is 0 Å². The van der Waals surface area contributed by atoms with Gasteiger partial charge in [0.05, 0.1) is 24.4 Å². The second-order valence-electron chi connectivity index (χ2n) is 6.06. The Hall–Kier alpha value is -2.74. The summed E-state index contributed by atoms with van der Waals surface area (Å²) in [5.41, 5.74) is 1.33. The molecule has 3 rings (SSSR count). The van der Waals surface area contributed by atoms with E-state index in [-0.39, 0.29) is 18.1 Å². The Morgan fingerprint density at radius 3 is 2.77 bits per heavy atom. The molecule has 8 heteroatoms. The van der Waals surface area contributed by atoms with Crippen molar-refractivity contribution < 1.29 is 14.3 Å². The maximum Gasteiger partial charge on any atom is 0.254 e. The Morgan fingerprint density at radius 2 is 2.08 bits per heavy atom. The molecule has 0 saturated carbocycles. The number of rotatable bonds is 6. The van der Waals surface area contributed by atoms with Crippen molar-refractivity contribution in [1.82, 2.24) is 20.3 Å². The smallest absolute Gasteiger partial charge is 0.254 e. The lowest BCUT2D eigenvalue weighted by Gasteiger charge is -2.32. The van der Waals surface area contributed by atoms with Crippen molar-refractivity contribution in [1.29, 1.82) is 0 Å². The molecule has 1 saturated heterocycles. The molecule has 2 aromatic heterocycles.